The van der Waals surface area contributed by atoms with Crippen LogP contribution in [0.25, 0.3) is 10.2 Å². The Kier molecular flexibility index (Phi) is 7.04. The van der Waals surface area contributed by atoms with Gasteiger partial charge in [0, 0.05) is 37.0 Å². The van der Waals surface area contributed by atoms with Crippen LogP contribution in [0.3, 0.4) is 0 Å². The molecule has 2 aromatic carbocycles. The summed E-state index contributed by atoms with van der Waals surface area (Å²) < 4.78 is 35.3. The molecule has 1 saturated heterocycles. The lowest BCUT2D eigenvalue weighted by molar-refractivity contribution is 0.0997. The molecule has 0 saturated carbocycles. The van der Waals surface area contributed by atoms with Gasteiger partial charge in [0.15, 0.2) is 4.80 Å². The summed E-state index contributed by atoms with van der Waals surface area (Å²) in [4.78, 5) is 18.1. The predicted molar refractivity (Wildman–Crippen MR) is 129 cm³/mol. The number of ether oxygens (including phenoxy) is 1. The minimum absolute atomic E-state index is 0.208. The molecule has 1 fully saturated rings. The van der Waals surface area contributed by atoms with Crippen molar-refractivity contribution in [2.45, 2.75) is 24.3 Å². The molecule has 0 unspecified atom stereocenters. The average molecular weight is 492 g/mol. The van der Waals surface area contributed by atoms with Crippen molar-refractivity contribution in [1.82, 2.24) is 8.87 Å². The first kappa shape index (κ1) is 23.0. The van der Waals surface area contributed by atoms with Crippen LogP contribution in [0.4, 0.5) is 0 Å². The summed E-state index contributed by atoms with van der Waals surface area (Å²) >= 11 is 3.17. The third-order valence-corrected chi connectivity index (χ3v) is 8.97. The van der Waals surface area contributed by atoms with Crippen LogP contribution in [-0.2, 0) is 16.6 Å². The first-order valence-corrected chi connectivity index (χ1v) is 13.9. The number of nitrogens with zero attached hydrogens (tertiary/aromatic N) is 3. The van der Waals surface area contributed by atoms with Crippen molar-refractivity contribution in [3.05, 3.63) is 52.8 Å². The van der Waals surface area contributed by atoms with Crippen LogP contribution in [0.5, 0.6) is 5.75 Å². The van der Waals surface area contributed by atoms with Crippen LogP contribution in [0.2, 0.25) is 0 Å². The van der Waals surface area contributed by atoms with Crippen LogP contribution in [0.15, 0.2) is 52.4 Å². The standard InChI is InChI=1S/C22H25N3O4S3/c1-29-17-7-10-20-19(15-17)25(13-14-30-2)22(31-20)23-21(26)16-5-8-18(9-6-16)32(27,28)24-11-3-4-12-24/h5-10,15H,3-4,11-14H2,1-2H3. The molecule has 1 amide bonds. The Morgan fingerprint density at radius 3 is 2.53 bits per heavy atom. The molecule has 0 aliphatic carbocycles. The fraction of sp³-hybridized carbons (Fsp3) is 0.364. The number of aryl methyl sites for hydroxylation is 1. The molecule has 4 rings (SSSR count). The van der Waals surface area contributed by atoms with E-state index >= 15 is 0 Å². The molecule has 7 nitrogen and oxygen atoms in total. The van der Waals surface area contributed by atoms with Gasteiger partial charge in [-0.3, -0.25) is 4.79 Å². The number of hydrogen-bond acceptors (Lipinski definition) is 6. The van der Waals surface area contributed by atoms with E-state index in [1.165, 1.54) is 39.9 Å². The maximum absolute atomic E-state index is 12.9. The van der Waals surface area contributed by atoms with Crippen molar-refractivity contribution < 1.29 is 17.9 Å². The lowest BCUT2D eigenvalue weighted by atomic mass is 10.2. The van der Waals surface area contributed by atoms with Gasteiger partial charge in [0.1, 0.15) is 5.75 Å². The summed E-state index contributed by atoms with van der Waals surface area (Å²) in [6, 6.07) is 11.9. The third-order valence-electron chi connectivity index (χ3n) is 5.41. The first-order chi connectivity index (χ1) is 15.4. The number of methoxy groups -OCH3 is 1. The Hall–Kier alpha value is -2.14. The molecule has 1 aliphatic heterocycles. The van der Waals surface area contributed by atoms with E-state index < -0.39 is 15.9 Å². The fourth-order valence-electron chi connectivity index (χ4n) is 3.66. The number of carbonyl (C=O) groups is 1. The van der Waals surface area contributed by atoms with Crippen molar-refractivity contribution in [2.75, 3.05) is 32.2 Å². The van der Waals surface area contributed by atoms with Crippen molar-refractivity contribution in [1.29, 1.82) is 0 Å². The number of carbonyl (C=O) groups excluding carboxylic acids is 1. The van der Waals surface area contributed by atoms with E-state index in [9.17, 15) is 13.2 Å². The Morgan fingerprint density at radius 2 is 1.88 bits per heavy atom. The maximum atomic E-state index is 12.9. The van der Waals surface area contributed by atoms with E-state index in [1.807, 2.05) is 29.0 Å². The van der Waals surface area contributed by atoms with Gasteiger partial charge in [-0.2, -0.15) is 21.1 Å². The number of benzene rings is 2. The first-order valence-electron chi connectivity index (χ1n) is 10.3. The van der Waals surface area contributed by atoms with Gasteiger partial charge in [0.2, 0.25) is 10.0 Å². The molecule has 170 valence electrons. The summed E-state index contributed by atoms with van der Waals surface area (Å²) in [5.41, 5.74) is 1.33. The molecule has 0 atom stereocenters. The highest BCUT2D eigenvalue weighted by atomic mass is 32.2. The number of amides is 1. The number of thiazole rings is 1. The lowest BCUT2D eigenvalue weighted by Gasteiger charge is -2.15. The molecule has 0 N–H and O–H groups in total. The van der Waals surface area contributed by atoms with Gasteiger partial charge < -0.3 is 9.30 Å². The highest BCUT2D eigenvalue weighted by Crippen LogP contribution is 2.24. The summed E-state index contributed by atoms with van der Waals surface area (Å²) in [5.74, 6) is 1.24. The molecule has 32 heavy (non-hydrogen) atoms. The summed E-state index contributed by atoms with van der Waals surface area (Å²) in [6.45, 7) is 1.81. The van der Waals surface area contributed by atoms with Gasteiger partial charge in [-0.15, -0.1) is 0 Å². The zero-order valence-electron chi connectivity index (χ0n) is 18.0. The highest BCUT2D eigenvalue weighted by molar-refractivity contribution is 7.98. The van der Waals surface area contributed by atoms with E-state index in [-0.39, 0.29) is 4.90 Å². The molecule has 0 spiro atoms. The molecule has 1 aromatic heterocycles. The van der Waals surface area contributed by atoms with Crippen LogP contribution in [0, 0.1) is 0 Å². The zero-order valence-corrected chi connectivity index (χ0v) is 20.4. The topological polar surface area (TPSA) is 81.0 Å². The van der Waals surface area contributed by atoms with Crippen LogP contribution in [0.1, 0.15) is 23.2 Å². The number of rotatable bonds is 7. The number of hydrogen-bond donors (Lipinski definition) is 0. The second kappa shape index (κ2) is 9.78. The highest BCUT2D eigenvalue weighted by Gasteiger charge is 2.27. The van der Waals surface area contributed by atoms with Gasteiger partial charge in [-0.1, -0.05) is 11.3 Å². The smallest absolute Gasteiger partial charge is 0.279 e. The molecule has 0 bridgehead atoms. The number of aromatic nitrogens is 1. The molecular formula is C22H25N3O4S3. The monoisotopic (exact) mass is 491 g/mol. The van der Waals surface area contributed by atoms with E-state index in [0.29, 0.717) is 30.0 Å². The lowest BCUT2D eigenvalue weighted by Crippen LogP contribution is -2.27. The van der Waals surface area contributed by atoms with Gasteiger partial charge in [0.05, 0.1) is 22.2 Å². The molecule has 0 radical (unpaired) electrons. The van der Waals surface area contributed by atoms with Gasteiger partial charge >= 0.3 is 0 Å². The van der Waals surface area contributed by atoms with E-state index in [2.05, 4.69) is 4.99 Å². The van der Waals surface area contributed by atoms with Crippen molar-refractivity contribution in [3.8, 4) is 5.75 Å². The van der Waals surface area contributed by atoms with Crippen LogP contribution >= 0.6 is 23.1 Å². The van der Waals surface area contributed by atoms with E-state index in [1.54, 1.807) is 18.9 Å². The Bertz CT molecular complexity index is 1290. The summed E-state index contributed by atoms with van der Waals surface area (Å²) in [6.07, 6.45) is 3.80. The third kappa shape index (κ3) is 4.63. The van der Waals surface area contributed by atoms with Gasteiger partial charge in [-0.05, 0) is 55.5 Å². The minimum atomic E-state index is -3.51. The maximum Gasteiger partial charge on any atom is 0.279 e. The SMILES string of the molecule is COc1ccc2sc(=NC(=O)c3ccc(S(=O)(=O)N4CCCC4)cc3)n(CCSC)c2c1. The summed E-state index contributed by atoms with van der Waals surface area (Å²) in [5, 5.41) is 0. The van der Waals surface area contributed by atoms with Gasteiger partial charge in [0.25, 0.3) is 5.91 Å². The van der Waals surface area contributed by atoms with E-state index in [4.69, 9.17) is 4.74 Å². The second-order valence-electron chi connectivity index (χ2n) is 7.42. The largest absolute Gasteiger partial charge is 0.497 e. The fourth-order valence-corrected chi connectivity index (χ4v) is 6.58. The molecule has 2 heterocycles. The molecule has 10 heteroatoms. The van der Waals surface area contributed by atoms with Crippen molar-refractivity contribution in [3.63, 3.8) is 0 Å². The Balaban J connectivity index is 1.67. The van der Waals surface area contributed by atoms with Crippen molar-refractivity contribution in [2.24, 2.45) is 4.99 Å². The van der Waals surface area contributed by atoms with Gasteiger partial charge in [-0.25, -0.2) is 8.42 Å². The van der Waals surface area contributed by atoms with Crippen molar-refractivity contribution >= 4 is 49.2 Å². The Morgan fingerprint density at radius 1 is 1.16 bits per heavy atom. The summed E-state index contributed by atoms with van der Waals surface area (Å²) in [7, 11) is -1.88. The second-order valence-corrected chi connectivity index (χ2v) is 11.3. The van der Waals surface area contributed by atoms with E-state index in [0.717, 1.165) is 34.6 Å². The molecule has 1 aliphatic rings. The number of thioether (sulfide) groups is 1. The normalized spacial score (nSPS) is 15.5. The Labute approximate surface area is 195 Å². The predicted octanol–water partition coefficient (Wildman–Crippen LogP) is 3.60. The minimum Gasteiger partial charge on any atom is -0.497 e. The quantitative estimate of drug-likeness (QED) is 0.504. The number of sulfonamides is 1. The van der Waals surface area contributed by atoms with Crippen LogP contribution < -0.4 is 9.54 Å². The molecule has 3 aromatic rings. The zero-order chi connectivity index (χ0) is 22.7. The molecular weight excluding hydrogens is 466 g/mol. The number of fused-ring (bicyclic) bond motifs is 1. The average Bonchev–Trinajstić information content (AvgIpc) is 3.46. The van der Waals surface area contributed by atoms with Crippen LogP contribution in [-0.4, -0.2) is 55.4 Å².